The SMILES string of the molecule is [Na+].[O-]c1nc2cc(Cl)ccc2s1. The Labute approximate surface area is 100 Å². The van der Waals surface area contributed by atoms with E-state index in [1.54, 1.807) is 18.2 Å². The topological polar surface area (TPSA) is 36.0 Å². The van der Waals surface area contributed by atoms with Crippen LogP contribution in [0.4, 0.5) is 0 Å². The Morgan fingerprint density at radius 3 is 2.92 bits per heavy atom. The third-order valence-electron chi connectivity index (χ3n) is 1.33. The Hall–Kier alpha value is 0.200. The molecule has 0 unspecified atom stereocenters. The number of hydrogen-bond acceptors (Lipinski definition) is 3. The molecule has 0 aliphatic heterocycles. The molecule has 0 saturated carbocycles. The van der Waals surface area contributed by atoms with Crippen LogP contribution in [0.1, 0.15) is 0 Å². The fraction of sp³-hybridized carbons (Fsp3) is 0. The smallest absolute Gasteiger partial charge is 0.851 e. The van der Waals surface area contributed by atoms with Crippen LogP contribution in [0.3, 0.4) is 0 Å². The van der Waals surface area contributed by atoms with E-state index in [1.165, 1.54) is 0 Å². The van der Waals surface area contributed by atoms with Crippen LogP contribution in [-0.4, -0.2) is 4.98 Å². The summed E-state index contributed by atoms with van der Waals surface area (Å²) >= 11 is 6.83. The van der Waals surface area contributed by atoms with Crippen molar-refractivity contribution in [2.24, 2.45) is 0 Å². The van der Waals surface area contributed by atoms with Crippen molar-refractivity contribution in [3.05, 3.63) is 23.2 Å². The Morgan fingerprint density at radius 1 is 1.42 bits per heavy atom. The maximum absolute atomic E-state index is 10.8. The predicted molar refractivity (Wildman–Crippen MR) is 44.1 cm³/mol. The summed E-state index contributed by atoms with van der Waals surface area (Å²) in [5.74, 6) is 0. The number of halogens is 1. The zero-order valence-electron chi connectivity index (χ0n) is 6.37. The van der Waals surface area contributed by atoms with Gasteiger partial charge in [-0.2, -0.15) is 0 Å². The summed E-state index contributed by atoms with van der Waals surface area (Å²) in [6.07, 6.45) is 0. The van der Waals surface area contributed by atoms with Crippen molar-refractivity contribution in [2.45, 2.75) is 0 Å². The minimum atomic E-state index is -0.165. The minimum absolute atomic E-state index is 0. The van der Waals surface area contributed by atoms with Crippen molar-refractivity contribution in [2.75, 3.05) is 0 Å². The van der Waals surface area contributed by atoms with Gasteiger partial charge in [0.2, 0.25) is 0 Å². The molecule has 0 radical (unpaired) electrons. The Bertz CT molecular complexity index is 403. The van der Waals surface area contributed by atoms with E-state index in [2.05, 4.69) is 4.98 Å². The van der Waals surface area contributed by atoms with E-state index in [0.717, 1.165) is 16.0 Å². The van der Waals surface area contributed by atoms with Gasteiger partial charge in [-0.05, 0) is 18.2 Å². The molecule has 2 rings (SSSR count). The van der Waals surface area contributed by atoms with Crippen LogP contribution in [0.5, 0.6) is 5.19 Å². The summed E-state index contributed by atoms with van der Waals surface area (Å²) in [4.78, 5) is 3.75. The van der Waals surface area contributed by atoms with Crippen molar-refractivity contribution in [3.63, 3.8) is 0 Å². The number of aromatic nitrogens is 1. The third kappa shape index (κ3) is 1.92. The minimum Gasteiger partial charge on any atom is -0.851 e. The van der Waals surface area contributed by atoms with Gasteiger partial charge in [-0.1, -0.05) is 11.6 Å². The van der Waals surface area contributed by atoms with Crippen LogP contribution < -0.4 is 34.7 Å². The number of thiazole rings is 1. The average Bonchev–Trinajstić information content (AvgIpc) is 2.27. The van der Waals surface area contributed by atoms with Gasteiger partial charge in [0.15, 0.2) is 0 Å². The molecule has 2 aromatic rings. The van der Waals surface area contributed by atoms with Gasteiger partial charge in [0, 0.05) is 10.2 Å². The van der Waals surface area contributed by atoms with Crippen LogP contribution in [-0.2, 0) is 0 Å². The molecule has 5 heteroatoms. The van der Waals surface area contributed by atoms with Crippen LogP contribution in [0.25, 0.3) is 10.2 Å². The molecule has 1 aromatic heterocycles. The zero-order chi connectivity index (χ0) is 7.84. The molecule has 0 atom stereocenters. The molecule has 0 N–H and O–H groups in total. The van der Waals surface area contributed by atoms with Gasteiger partial charge in [-0.25, -0.2) is 0 Å². The molecular formula is C7H3ClNNaOS. The van der Waals surface area contributed by atoms with E-state index >= 15 is 0 Å². The fourth-order valence-electron chi connectivity index (χ4n) is 0.879. The molecule has 1 heterocycles. The second kappa shape index (κ2) is 3.94. The molecule has 12 heavy (non-hydrogen) atoms. The van der Waals surface area contributed by atoms with Crippen molar-refractivity contribution in [1.29, 1.82) is 0 Å². The van der Waals surface area contributed by atoms with E-state index in [-0.39, 0.29) is 34.8 Å². The van der Waals surface area contributed by atoms with E-state index < -0.39 is 0 Å². The monoisotopic (exact) mass is 207 g/mol. The van der Waals surface area contributed by atoms with Gasteiger partial charge in [0.1, 0.15) is 0 Å². The van der Waals surface area contributed by atoms with Crippen LogP contribution in [0.15, 0.2) is 18.2 Å². The summed E-state index contributed by atoms with van der Waals surface area (Å²) in [6.45, 7) is 0. The van der Waals surface area contributed by atoms with E-state index in [4.69, 9.17) is 11.6 Å². The van der Waals surface area contributed by atoms with Gasteiger partial charge in [-0.3, -0.25) is 4.98 Å². The van der Waals surface area contributed by atoms with Crippen molar-refractivity contribution in [3.8, 4) is 5.19 Å². The quantitative estimate of drug-likeness (QED) is 0.521. The molecular weight excluding hydrogens is 205 g/mol. The van der Waals surface area contributed by atoms with Crippen molar-refractivity contribution < 1.29 is 34.7 Å². The summed E-state index contributed by atoms with van der Waals surface area (Å²) in [5, 5.41) is 11.2. The number of hydrogen-bond donors (Lipinski definition) is 0. The first-order valence-electron chi connectivity index (χ1n) is 2.99. The second-order valence-corrected chi connectivity index (χ2v) is 3.52. The van der Waals surface area contributed by atoms with Gasteiger partial charge >= 0.3 is 29.6 Å². The molecule has 0 fully saturated rings. The molecule has 2 nitrogen and oxygen atoms in total. The number of rotatable bonds is 0. The van der Waals surface area contributed by atoms with Crippen molar-refractivity contribution >= 4 is 33.2 Å². The van der Waals surface area contributed by atoms with Gasteiger partial charge in [0.05, 0.1) is 10.2 Å². The summed E-state index contributed by atoms with van der Waals surface area (Å²) < 4.78 is 0.888. The van der Waals surface area contributed by atoms with Crippen LogP contribution >= 0.6 is 22.9 Å². The standard InChI is InChI=1S/C7H4ClNOS.Na/c8-4-1-2-6-5(3-4)9-7(10)11-6;/h1-3H,(H,9,10);/q;+1/p-1. The molecule has 0 amide bonds. The molecule has 0 aliphatic carbocycles. The van der Waals surface area contributed by atoms with Gasteiger partial charge in [0.25, 0.3) is 0 Å². The van der Waals surface area contributed by atoms with Gasteiger partial charge < -0.3 is 5.11 Å². The first kappa shape index (κ1) is 10.3. The maximum atomic E-state index is 10.8. The molecule has 56 valence electrons. The molecule has 1 aromatic carbocycles. The molecule has 0 spiro atoms. The largest absolute Gasteiger partial charge is 1.00 e. The summed E-state index contributed by atoms with van der Waals surface area (Å²) in [6, 6.07) is 5.24. The summed E-state index contributed by atoms with van der Waals surface area (Å²) in [7, 11) is 0. The zero-order valence-corrected chi connectivity index (χ0v) is 9.95. The Balaban J connectivity index is 0.000000720. The Kier molecular flexibility index (Phi) is 3.37. The van der Waals surface area contributed by atoms with Crippen LogP contribution in [0, 0.1) is 0 Å². The van der Waals surface area contributed by atoms with Gasteiger partial charge in [-0.15, -0.1) is 11.3 Å². The second-order valence-electron chi connectivity index (χ2n) is 2.09. The maximum Gasteiger partial charge on any atom is 1.00 e. The number of benzene rings is 1. The first-order chi connectivity index (χ1) is 5.25. The normalized spacial score (nSPS) is 9.75. The van der Waals surface area contributed by atoms with E-state index in [9.17, 15) is 5.11 Å². The number of nitrogens with zero attached hydrogens (tertiary/aromatic N) is 1. The van der Waals surface area contributed by atoms with Crippen molar-refractivity contribution in [1.82, 2.24) is 4.98 Å². The molecule has 0 saturated heterocycles. The summed E-state index contributed by atoms with van der Waals surface area (Å²) in [5.41, 5.74) is 0.688. The van der Waals surface area contributed by atoms with E-state index in [0.29, 0.717) is 10.5 Å². The predicted octanol–water partition coefficient (Wildman–Crippen LogP) is -0.973. The molecule has 0 aliphatic rings. The Morgan fingerprint density at radius 2 is 2.17 bits per heavy atom. The fourth-order valence-corrected chi connectivity index (χ4v) is 1.72. The van der Waals surface area contributed by atoms with E-state index in [1.807, 2.05) is 0 Å². The van der Waals surface area contributed by atoms with Crippen LogP contribution in [0.2, 0.25) is 5.02 Å². The average molecular weight is 208 g/mol. The molecule has 0 bridgehead atoms. The number of fused-ring (bicyclic) bond motifs is 1. The third-order valence-corrected chi connectivity index (χ3v) is 2.40. The first-order valence-corrected chi connectivity index (χ1v) is 4.18.